The van der Waals surface area contributed by atoms with Gasteiger partial charge in [-0.1, -0.05) is 24.3 Å². The highest BCUT2D eigenvalue weighted by Gasteiger charge is 2.01. The largest absolute Gasteiger partial charge is 0.496 e. The minimum absolute atomic E-state index is 0.928. The Hall–Kier alpha value is -2.68. The molecule has 2 aromatic heterocycles. The minimum Gasteiger partial charge on any atom is -0.496 e. The van der Waals surface area contributed by atoms with Gasteiger partial charge in [0.25, 0.3) is 0 Å². The summed E-state index contributed by atoms with van der Waals surface area (Å²) >= 11 is 0. The molecule has 0 aliphatic rings. The summed E-state index contributed by atoms with van der Waals surface area (Å²) in [6, 6.07) is 18.5. The smallest absolute Gasteiger partial charge is 0.128 e. The number of fused-ring (bicyclic) bond motifs is 2. The third kappa shape index (κ3) is 2.84. The molecule has 0 aliphatic heterocycles. The van der Waals surface area contributed by atoms with Gasteiger partial charge in [-0.2, -0.15) is 0 Å². The van der Waals surface area contributed by atoms with Gasteiger partial charge >= 0.3 is 0 Å². The van der Waals surface area contributed by atoms with Gasteiger partial charge in [-0.05, 0) is 49.6 Å². The van der Waals surface area contributed by atoms with E-state index in [1.807, 2.05) is 31.2 Å². The van der Waals surface area contributed by atoms with E-state index in [9.17, 15) is 0 Å². The van der Waals surface area contributed by atoms with Crippen LogP contribution in [0.1, 0.15) is 11.4 Å². The van der Waals surface area contributed by atoms with Gasteiger partial charge in [0.2, 0.25) is 0 Å². The molecule has 2 aromatic carbocycles. The van der Waals surface area contributed by atoms with Crippen molar-refractivity contribution in [2.45, 2.75) is 13.8 Å². The van der Waals surface area contributed by atoms with Crippen LogP contribution in [0.15, 0.2) is 54.6 Å². The molecule has 0 unspecified atom stereocenters. The highest BCUT2D eigenvalue weighted by Crippen LogP contribution is 2.25. The number of para-hydroxylation sites is 1. The Balaban J connectivity index is 0.000000133. The zero-order valence-electron chi connectivity index (χ0n) is 13.1. The first-order valence-corrected chi connectivity index (χ1v) is 7.34. The van der Waals surface area contributed by atoms with Gasteiger partial charge in [0.05, 0.1) is 7.11 Å². The van der Waals surface area contributed by atoms with Crippen LogP contribution < -0.4 is 4.74 Å². The quantitative estimate of drug-likeness (QED) is 0.511. The number of benzene rings is 2. The summed E-state index contributed by atoms with van der Waals surface area (Å²) in [6.07, 6.45) is 0. The van der Waals surface area contributed by atoms with Crippen molar-refractivity contribution in [3.8, 4) is 5.75 Å². The van der Waals surface area contributed by atoms with E-state index in [4.69, 9.17) is 4.74 Å². The molecule has 3 nitrogen and oxygen atoms in total. The summed E-state index contributed by atoms with van der Waals surface area (Å²) < 4.78 is 5.22. The molecule has 4 aromatic rings. The van der Waals surface area contributed by atoms with Crippen molar-refractivity contribution in [1.82, 2.24) is 9.97 Å². The molecule has 0 spiro atoms. The predicted molar refractivity (Wildman–Crippen MR) is 92.6 cm³/mol. The fourth-order valence-corrected chi connectivity index (χ4v) is 2.66. The molecule has 0 bridgehead atoms. The van der Waals surface area contributed by atoms with Gasteiger partial charge in [0.1, 0.15) is 5.75 Å². The lowest BCUT2D eigenvalue weighted by Crippen LogP contribution is -1.81. The molecule has 0 aliphatic carbocycles. The number of aromatic amines is 2. The van der Waals surface area contributed by atoms with Gasteiger partial charge in [0, 0.05) is 27.8 Å². The Morgan fingerprint density at radius 2 is 1.45 bits per heavy atom. The summed E-state index contributed by atoms with van der Waals surface area (Å²) in [5.41, 5.74) is 4.74. The number of nitrogens with one attached hydrogen (secondary N) is 2. The first-order chi connectivity index (χ1) is 10.7. The van der Waals surface area contributed by atoms with E-state index in [2.05, 4.69) is 47.2 Å². The number of hydrogen-bond acceptors (Lipinski definition) is 1. The molecule has 3 heteroatoms. The first kappa shape index (κ1) is 14.3. The predicted octanol–water partition coefficient (Wildman–Crippen LogP) is 4.96. The average molecular weight is 292 g/mol. The van der Waals surface area contributed by atoms with Crippen LogP contribution >= 0.6 is 0 Å². The van der Waals surface area contributed by atoms with Crippen molar-refractivity contribution < 1.29 is 4.74 Å². The van der Waals surface area contributed by atoms with Crippen LogP contribution in [-0.4, -0.2) is 17.1 Å². The van der Waals surface area contributed by atoms with Crippen LogP contribution in [0.2, 0.25) is 0 Å². The fourth-order valence-electron chi connectivity index (χ4n) is 2.66. The summed E-state index contributed by atoms with van der Waals surface area (Å²) in [4.78, 5) is 6.51. The van der Waals surface area contributed by atoms with Gasteiger partial charge in [-0.25, -0.2) is 0 Å². The van der Waals surface area contributed by atoms with Gasteiger partial charge in [0.15, 0.2) is 0 Å². The third-order valence-electron chi connectivity index (χ3n) is 3.64. The molecule has 0 amide bonds. The monoisotopic (exact) mass is 292 g/mol. The minimum atomic E-state index is 0.928. The Morgan fingerprint density at radius 3 is 2.23 bits per heavy atom. The lowest BCUT2D eigenvalue weighted by atomic mass is 10.2. The molecule has 0 radical (unpaired) electrons. The molecular formula is C19H20N2O. The van der Waals surface area contributed by atoms with E-state index < -0.39 is 0 Å². The SMILES string of the molecule is COc1cccc2[nH]c(C)cc12.Cc1cc2ccccc2[nH]1. The highest BCUT2D eigenvalue weighted by molar-refractivity contribution is 5.86. The first-order valence-electron chi connectivity index (χ1n) is 7.34. The maximum Gasteiger partial charge on any atom is 0.128 e. The molecule has 0 saturated heterocycles. The van der Waals surface area contributed by atoms with Crippen molar-refractivity contribution in [3.63, 3.8) is 0 Å². The number of rotatable bonds is 1. The van der Waals surface area contributed by atoms with Crippen LogP contribution in [-0.2, 0) is 0 Å². The molecule has 22 heavy (non-hydrogen) atoms. The molecular weight excluding hydrogens is 272 g/mol. The normalized spacial score (nSPS) is 10.5. The van der Waals surface area contributed by atoms with Crippen molar-refractivity contribution in [2.24, 2.45) is 0 Å². The van der Waals surface area contributed by atoms with E-state index in [0.29, 0.717) is 0 Å². The lowest BCUT2D eigenvalue weighted by Gasteiger charge is -1.99. The standard InChI is InChI=1S/C10H11NO.C9H9N/c1-7-6-8-9(11-7)4-3-5-10(8)12-2;1-7-6-8-4-2-3-5-9(8)10-7/h3-6,11H,1-2H3;2-6,10H,1H3. The van der Waals surface area contributed by atoms with Gasteiger partial charge in [-0.3, -0.25) is 0 Å². The van der Waals surface area contributed by atoms with Crippen molar-refractivity contribution in [2.75, 3.05) is 7.11 Å². The maximum atomic E-state index is 5.22. The Labute approximate surface area is 129 Å². The summed E-state index contributed by atoms with van der Waals surface area (Å²) in [5.74, 6) is 0.928. The summed E-state index contributed by atoms with van der Waals surface area (Å²) in [5, 5.41) is 2.44. The fraction of sp³-hybridized carbons (Fsp3) is 0.158. The second-order valence-corrected chi connectivity index (χ2v) is 5.41. The number of ether oxygens (including phenoxy) is 1. The van der Waals surface area contributed by atoms with Gasteiger partial charge < -0.3 is 14.7 Å². The number of aryl methyl sites for hydroxylation is 2. The number of methoxy groups -OCH3 is 1. The third-order valence-corrected chi connectivity index (χ3v) is 3.64. The Morgan fingerprint density at radius 1 is 0.773 bits per heavy atom. The molecule has 0 saturated carbocycles. The Kier molecular flexibility index (Phi) is 3.88. The van der Waals surface area contributed by atoms with Crippen LogP contribution in [0.25, 0.3) is 21.8 Å². The average Bonchev–Trinajstić information content (AvgIpc) is 3.07. The van der Waals surface area contributed by atoms with Crippen molar-refractivity contribution in [1.29, 1.82) is 0 Å². The molecule has 112 valence electrons. The Bertz CT molecular complexity index is 869. The maximum absolute atomic E-state index is 5.22. The van der Waals surface area contributed by atoms with Crippen molar-refractivity contribution >= 4 is 21.8 Å². The number of hydrogen-bond donors (Lipinski definition) is 2. The second kappa shape index (κ2) is 5.98. The number of aromatic nitrogens is 2. The van der Waals surface area contributed by atoms with Gasteiger partial charge in [-0.15, -0.1) is 0 Å². The van der Waals surface area contributed by atoms with E-state index in [1.54, 1.807) is 7.11 Å². The topological polar surface area (TPSA) is 40.8 Å². The summed E-state index contributed by atoms with van der Waals surface area (Å²) in [6.45, 7) is 4.11. The molecule has 0 fully saturated rings. The molecule has 2 heterocycles. The molecule has 2 N–H and O–H groups in total. The van der Waals surface area contributed by atoms with Crippen molar-refractivity contribution in [3.05, 3.63) is 66.0 Å². The molecule has 4 rings (SSSR count). The van der Waals surface area contributed by atoms with E-state index >= 15 is 0 Å². The van der Waals surface area contributed by atoms with E-state index in [1.165, 1.54) is 16.6 Å². The lowest BCUT2D eigenvalue weighted by molar-refractivity contribution is 0.420. The van der Waals surface area contributed by atoms with Crippen LogP contribution in [0.5, 0.6) is 5.75 Å². The number of H-pyrrole nitrogens is 2. The highest BCUT2D eigenvalue weighted by atomic mass is 16.5. The van der Waals surface area contributed by atoms with Crippen LogP contribution in [0, 0.1) is 13.8 Å². The summed E-state index contributed by atoms with van der Waals surface area (Å²) in [7, 11) is 1.69. The van der Waals surface area contributed by atoms with Crippen LogP contribution in [0.3, 0.4) is 0 Å². The van der Waals surface area contributed by atoms with Crippen LogP contribution in [0.4, 0.5) is 0 Å². The second-order valence-electron chi connectivity index (χ2n) is 5.41. The van der Waals surface area contributed by atoms with E-state index in [0.717, 1.165) is 22.3 Å². The van der Waals surface area contributed by atoms with E-state index in [-0.39, 0.29) is 0 Å². The zero-order valence-corrected chi connectivity index (χ0v) is 13.1. The molecule has 0 atom stereocenters. The zero-order chi connectivity index (χ0) is 15.5.